The monoisotopic (exact) mass is 218 g/mol. The third-order valence-electron chi connectivity index (χ3n) is 2.81. The first-order chi connectivity index (χ1) is 7.65. The summed E-state index contributed by atoms with van der Waals surface area (Å²) >= 11 is 0. The van der Waals surface area contributed by atoms with Crippen LogP contribution in [0.1, 0.15) is 25.5 Å². The topological polar surface area (TPSA) is 55.1 Å². The summed E-state index contributed by atoms with van der Waals surface area (Å²) in [6.45, 7) is 3.69. The van der Waals surface area contributed by atoms with Crippen LogP contribution in [0.4, 0.5) is 0 Å². The number of hydrogen-bond acceptors (Lipinski definition) is 2. The Hall–Kier alpha value is -1.84. The maximum atomic E-state index is 11.0. The van der Waals surface area contributed by atoms with E-state index in [1.54, 1.807) is 17.8 Å². The molecule has 0 radical (unpaired) electrons. The molecular weight excluding hydrogens is 204 g/mol. The van der Waals surface area contributed by atoms with Gasteiger partial charge in [0, 0.05) is 5.39 Å². The Kier molecular flexibility index (Phi) is 2.64. The zero-order chi connectivity index (χ0) is 11.7. The van der Waals surface area contributed by atoms with Crippen LogP contribution in [0, 0.1) is 0 Å². The third kappa shape index (κ3) is 1.56. The molecule has 16 heavy (non-hydrogen) atoms. The van der Waals surface area contributed by atoms with Crippen molar-refractivity contribution >= 4 is 16.9 Å². The Morgan fingerprint density at radius 2 is 2.31 bits per heavy atom. The standard InChI is InChI=1S/C12H14N2O2/c1-3-9-5-4-6-10-7-13-14(11(9)10)8(2)12(15)16/h4-8H,3H2,1-2H3,(H,15,16). The van der Waals surface area contributed by atoms with E-state index >= 15 is 0 Å². The Bertz CT molecular complexity index is 531. The van der Waals surface area contributed by atoms with Gasteiger partial charge >= 0.3 is 5.97 Å². The molecule has 1 unspecified atom stereocenters. The lowest BCUT2D eigenvalue weighted by Crippen LogP contribution is -2.17. The minimum Gasteiger partial charge on any atom is -0.480 e. The van der Waals surface area contributed by atoms with Crippen LogP contribution >= 0.6 is 0 Å². The number of aliphatic carboxylic acids is 1. The van der Waals surface area contributed by atoms with E-state index in [4.69, 9.17) is 5.11 Å². The fourth-order valence-electron chi connectivity index (χ4n) is 1.86. The summed E-state index contributed by atoms with van der Waals surface area (Å²) < 4.78 is 1.58. The molecule has 0 spiro atoms. The number of para-hydroxylation sites is 1. The predicted octanol–water partition coefficient (Wildman–Crippen LogP) is 2.24. The van der Waals surface area contributed by atoms with E-state index in [2.05, 4.69) is 12.0 Å². The molecule has 1 aromatic carbocycles. The molecule has 0 bridgehead atoms. The van der Waals surface area contributed by atoms with Crippen molar-refractivity contribution in [2.24, 2.45) is 0 Å². The Labute approximate surface area is 93.5 Å². The SMILES string of the molecule is CCc1cccc2cnn(C(C)C(=O)O)c12. The van der Waals surface area contributed by atoms with Crippen molar-refractivity contribution in [2.75, 3.05) is 0 Å². The third-order valence-corrected chi connectivity index (χ3v) is 2.81. The number of nitrogens with zero attached hydrogens (tertiary/aromatic N) is 2. The number of benzene rings is 1. The Morgan fingerprint density at radius 1 is 1.56 bits per heavy atom. The van der Waals surface area contributed by atoms with E-state index in [1.807, 2.05) is 18.2 Å². The molecule has 1 aromatic heterocycles. The Balaban J connectivity index is 2.67. The van der Waals surface area contributed by atoms with Crippen molar-refractivity contribution in [1.29, 1.82) is 0 Å². The summed E-state index contributed by atoms with van der Waals surface area (Å²) in [6.07, 6.45) is 2.59. The summed E-state index contributed by atoms with van der Waals surface area (Å²) in [4.78, 5) is 11.0. The van der Waals surface area contributed by atoms with Gasteiger partial charge in [-0.1, -0.05) is 25.1 Å². The number of rotatable bonds is 3. The second-order valence-corrected chi connectivity index (χ2v) is 3.81. The molecule has 0 aliphatic carbocycles. The van der Waals surface area contributed by atoms with Gasteiger partial charge in [0.2, 0.25) is 0 Å². The lowest BCUT2D eigenvalue weighted by molar-refractivity contribution is -0.140. The highest BCUT2D eigenvalue weighted by Crippen LogP contribution is 2.22. The van der Waals surface area contributed by atoms with Crippen molar-refractivity contribution < 1.29 is 9.90 Å². The van der Waals surface area contributed by atoms with E-state index in [9.17, 15) is 4.79 Å². The molecular formula is C12H14N2O2. The van der Waals surface area contributed by atoms with Crippen molar-refractivity contribution in [3.8, 4) is 0 Å². The highest BCUT2D eigenvalue weighted by molar-refractivity contribution is 5.84. The molecule has 2 rings (SSSR count). The molecule has 1 heterocycles. The number of carboxylic acids is 1. The summed E-state index contributed by atoms with van der Waals surface area (Å²) in [7, 11) is 0. The number of aryl methyl sites for hydroxylation is 1. The molecule has 1 atom stereocenters. The van der Waals surface area contributed by atoms with Gasteiger partial charge in [-0.3, -0.25) is 4.68 Å². The lowest BCUT2D eigenvalue weighted by Gasteiger charge is -2.10. The van der Waals surface area contributed by atoms with Crippen LogP contribution in [0.5, 0.6) is 0 Å². The molecule has 4 nitrogen and oxygen atoms in total. The molecule has 0 saturated heterocycles. The smallest absolute Gasteiger partial charge is 0.328 e. The van der Waals surface area contributed by atoms with Gasteiger partial charge in [0.05, 0.1) is 11.7 Å². The number of carboxylic acid groups (broad SMARTS) is 1. The van der Waals surface area contributed by atoms with E-state index in [1.165, 1.54) is 0 Å². The van der Waals surface area contributed by atoms with Crippen LogP contribution in [0.2, 0.25) is 0 Å². The molecule has 0 aliphatic heterocycles. The van der Waals surface area contributed by atoms with Crippen LogP contribution in [-0.2, 0) is 11.2 Å². The first-order valence-corrected chi connectivity index (χ1v) is 5.33. The lowest BCUT2D eigenvalue weighted by atomic mass is 10.1. The summed E-state index contributed by atoms with van der Waals surface area (Å²) in [5, 5.41) is 14.2. The summed E-state index contributed by atoms with van der Waals surface area (Å²) in [6, 6.07) is 5.30. The molecule has 0 aliphatic rings. The highest BCUT2D eigenvalue weighted by atomic mass is 16.4. The molecule has 0 amide bonds. The minimum atomic E-state index is -0.865. The molecule has 1 N–H and O–H groups in total. The van der Waals surface area contributed by atoms with Gasteiger partial charge in [-0.05, 0) is 18.9 Å². The van der Waals surface area contributed by atoms with Gasteiger partial charge in [-0.15, -0.1) is 0 Å². The van der Waals surface area contributed by atoms with Crippen molar-refractivity contribution in [3.63, 3.8) is 0 Å². The molecule has 0 fully saturated rings. The van der Waals surface area contributed by atoms with Crippen LogP contribution in [0.25, 0.3) is 10.9 Å². The van der Waals surface area contributed by atoms with E-state index < -0.39 is 12.0 Å². The number of carbonyl (C=O) groups is 1. The largest absolute Gasteiger partial charge is 0.480 e. The molecule has 84 valence electrons. The molecule has 0 saturated carbocycles. The quantitative estimate of drug-likeness (QED) is 0.859. The second kappa shape index (κ2) is 3.96. The molecule has 2 aromatic rings. The average Bonchev–Trinajstić information content (AvgIpc) is 2.71. The summed E-state index contributed by atoms with van der Waals surface area (Å²) in [5.74, 6) is -0.865. The predicted molar refractivity (Wildman–Crippen MR) is 61.5 cm³/mol. The van der Waals surface area contributed by atoms with Gasteiger partial charge in [-0.2, -0.15) is 5.10 Å². The van der Waals surface area contributed by atoms with Crippen LogP contribution < -0.4 is 0 Å². The van der Waals surface area contributed by atoms with Gasteiger partial charge in [0.1, 0.15) is 6.04 Å². The highest BCUT2D eigenvalue weighted by Gasteiger charge is 2.17. The zero-order valence-corrected chi connectivity index (χ0v) is 9.34. The van der Waals surface area contributed by atoms with Crippen molar-refractivity contribution in [1.82, 2.24) is 9.78 Å². The van der Waals surface area contributed by atoms with E-state index in [0.29, 0.717) is 0 Å². The van der Waals surface area contributed by atoms with E-state index in [0.717, 1.165) is 22.9 Å². The maximum absolute atomic E-state index is 11.0. The average molecular weight is 218 g/mol. The second-order valence-electron chi connectivity index (χ2n) is 3.81. The van der Waals surface area contributed by atoms with Gasteiger partial charge in [0.15, 0.2) is 0 Å². The molecule has 4 heteroatoms. The first-order valence-electron chi connectivity index (χ1n) is 5.33. The minimum absolute atomic E-state index is 0.634. The van der Waals surface area contributed by atoms with Crippen LogP contribution in [-0.4, -0.2) is 20.9 Å². The fourth-order valence-corrected chi connectivity index (χ4v) is 1.86. The van der Waals surface area contributed by atoms with Crippen LogP contribution in [0.15, 0.2) is 24.4 Å². The van der Waals surface area contributed by atoms with Gasteiger partial charge in [0.25, 0.3) is 0 Å². The maximum Gasteiger partial charge on any atom is 0.328 e. The number of hydrogen-bond donors (Lipinski definition) is 1. The van der Waals surface area contributed by atoms with Crippen LogP contribution in [0.3, 0.4) is 0 Å². The van der Waals surface area contributed by atoms with Crippen molar-refractivity contribution in [2.45, 2.75) is 26.3 Å². The van der Waals surface area contributed by atoms with Gasteiger partial charge < -0.3 is 5.11 Å². The Morgan fingerprint density at radius 3 is 2.94 bits per heavy atom. The fraction of sp³-hybridized carbons (Fsp3) is 0.333. The van der Waals surface area contributed by atoms with Crippen molar-refractivity contribution in [3.05, 3.63) is 30.0 Å². The summed E-state index contributed by atoms with van der Waals surface area (Å²) in [5.41, 5.74) is 2.06. The van der Waals surface area contributed by atoms with E-state index in [-0.39, 0.29) is 0 Å². The number of fused-ring (bicyclic) bond motifs is 1. The van der Waals surface area contributed by atoms with Gasteiger partial charge in [-0.25, -0.2) is 4.79 Å². The zero-order valence-electron chi connectivity index (χ0n) is 9.34. The first kappa shape index (κ1) is 10.7. The normalized spacial score (nSPS) is 12.9. The number of aromatic nitrogens is 2.